The molecule has 0 bridgehead atoms. The van der Waals surface area contributed by atoms with E-state index in [-0.39, 0.29) is 44.0 Å². The molecular formula is C18H23N3O5. The summed E-state index contributed by atoms with van der Waals surface area (Å²) in [6.07, 6.45) is 0.316. The molecule has 0 atom stereocenters. The minimum Gasteiger partial charge on any atom is -0.456 e. The lowest BCUT2D eigenvalue weighted by Gasteiger charge is -2.26. The topological polar surface area (TPSA) is 96.0 Å². The number of rotatable bonds is 8. The van der Waals surface area contributed by atoms with Crippen LogP contribution in [0.4, 0.5) is 10.5 Å². The van der Waals surface area contributed by atoms with Crippen LogP contribution in [0.15, 0.2) is 30.3 Å². The molecule has 2 rings (SSSR count). The molecule has 1 N–H and O–H groups in total. The zero-order valence-corrected chi connectivity index (χ0v) is 14.9. The van der Waals surface area contributed by atoms with Gasteiger partial charge >= 0.3 is 12.0 Å². The number of urea groups is 1. The first-order valence-electron chi connectivity index (χ1n) is 8.51. The highest BCUT2D eigenvalue weighted by atomic mass is 16.5. The van der Waals surface area contributed by atoms with Crippen LogP contribution < -0.4 is 10.2 Å². The van der Waals surface area contributed by atoms with Crippen molar-refractivity contribution in [3.05, 3.63) is 30.3 Å². The zero-order valence-electron chi connectivity index (χ0n) is 14.9. The first-order valence-corrected chi connectivity index (χ1v) is 8.51. The third-order valence-electron chi connectivity index (χ3n) is 3.88. The van der Waals surface area contributed by atoms with Crippen LogP contribution in [0.5, 0.6) is 0 Å². The number of hydrogen-bond acceptors (Lipinski definition) is 5. The molecular weight excluding hydrogens is 338 g/mol. The fourth-order valence-corrected chi connectivity index (χ4v) is 2.67. The number of nitrogens with one attached hydrogen (secondary N) is 1. The SMILES string of the molecule is CC(C)N(C(=O)COC(=O)CCCN1C(=O)CNC1=O)c1ccccc1. The fraction of sp³-hybridized carbons (Fsp3) is 0.444. The van der Waals surface area contributed by atoms with E-state index >= 15 is 0 Å². The van der Waals surface area contributed by atoms with E-state index in [0.717, 1.165) is 10.6 Å². The van der Waals surface area contributed by atoms with E-state index in [1.54, 1.807) is 4.90 Å². The highest BCUT2D eigenvalue weighted by molar-refractivity contribution is 6.02. The average Bonchev–Trinajstić information content (AvgIpc) is 2.92. The Morgan fingerprint density at radius 2 is 1.92 bits per heavy atom. The Morgan fingerprint density at radius 3 is 2.50 bits per heavy atom. The van der Waals surface area contributed by atoms with E-state index in [1.165, 1.54) is 0 Å². The molecule has 0 spiro atoms. The highest BCUT2D eigenvalue weighted by Gasteiger charge is 2.28. The van der Waals surface area contributed by atoms with Gasteiger partial charge in [-0.05, 0) is 32.4 Å². The van der Waals surface area contributed by atoms with E-state index in [0.29, 0.717) is 6.42 Å². The van der Waals surface area contributed by atoms with Gasteiger partial charge in [0.2, 0.25) is 5.91 Å². The van der Waals surface area contributed by atoms with E-state index in [9.17, 15) is 19.2 Å². The Hall–Kier alpha value is -2.90. The lowest BCUT2D eigenvalue weighted by molar-refractivity contribution is -0.148. The number of ether oxygens (including phenoxy) is 1. The summed E-state index contributed by atoms with van der Waals surface area (Å²) in [7, 11) is 0. The van der Waals surface area contributed by atoms with Gasteiger partial charge < -0.3 is 15.0 Å². The van der Waals surface area contributed by atoms with Crippen molar-refractivity contribution in [3.63, 3.8) is 0 Å². The standard InChI is InChI=1S/C18H23N3O5/c1-13(2)21(14-7-4-3-5-8-14)16(23)12-26-17(24)9-6-10-20-15(22)11-19-18(20)25/h3-5,7-8,13H,6,9-12H2,1-2H3,(H,19,25). The highest BCUT2D eigenvalue weighted by Crippen LogP contribution is 2.16. The summed E-state index contributed by atoms with van der Waals surface area (Å²) in [5.74, 6) is -1.16. The molecule has 0 radical (unpaired) electrons. The van der Waals surface area contributed by atoms with Crippen molar-refractivity contribution in [3.8, 4) is 0 Å². The molecule has 1 saturated heterocycles. The van der Waals surface area contributed by atoms with Gasteiger partial charge in [0, 0.05) is 24.7 Å². The molecule has 0 aromatic heterocycles. The minimum absolute atomic E-state index is 0.0116. The molecule has 8 heteroatoms. The van der Waals surface area contributed by atoms with Crippen LogP contribution in [-0.2, 0) is 19.1 Å². The molecule has 1 heterocycles. The Kier molecular flexibility index (Phi) is 6.71. The summed E-state index contributed by atoms with van der Waals surface area (Å²) in [5, 5.41) is 2.41. The number of nitrogens with zero attached hydrogens (tertiary/aromatic N) is 2. The van der Waals surface area contributed by atoms with Gasteiger partial charge in [-0.1, -0.05) is 18.2 Å². The summed E-state index contributed by atoms with van der Waals surface area (Å²) in [4.78, 5) is 49.7. The number of para-hydroxylation sites is 1. The van der Waals surface area contributed by atoms with Gasteiger partial charge in [0.15, 0.2) is 6.61 Å². The number of carbonyl (C=O) groups excluding carboxylic acids is 4. The number of anilines is 1. The normalized spacial score (nSPS) is 13.7. The molecule has 4 amide bonds. The van der Waals surface area contributed by atoms with Gasteiger partial charge in [-0.2, -0.15) is 0 Å². The van der Waals surface area contributed by atoms with Crippen LogP contribution in [-0.4, -0.2) is 54.5 Å². The fourth-order valence-electron chi connectivity index (χ4n) is 2.67. The summed E-state index contributed by atoms with van der Waals surface area (Å²) >= 11 is 0. The first-order chi connectivity index (χ1) is 12.4. The van der Waals surface area contributed by atoms with Crippen LogP contribution in [0.25, 0.3) is 0 Å². The molecule has 0 aliphatic carbocycles. The first kappa shape index (κ1) is 19.4. The number of carbonyl (C=O) groups is 4. The molecule has 1 fully saturated rings. The Labute approximate surface area is 152 Å². The van der Waals surface area contributed by atoms with Crippen molar-refractivity contribution >= 4 is 29.5 Å². The van der Waals surface area contributed by atoms with Crippen LogP contribution in [0.1, 0.15) is 26.7 Å². The van der Waals surface area contributed by atoms with Crippen molar-refractivity contribution in [2.75, 3.05) is 24.6 Å². The molecule has 140 valence electrons. The summed E-state index contributed by atoms with van der Waals surface area (Å²) in [5.41, 5.74) is 0.738. The number of esters is 1. The minimum atomic E-state index is -0.540. The van der Waals surface area contributed by atoms with Crippen molar-refractivity contribution in [1.29, 1.82) is 0 Å². The summed E-state index contributed by atoms with van der Waals surface area (Å²) < 4.78 is 5.04. The largest absolute Gasteiger partial charge is 0.456 e. The quantitative estimate of drug-likeness (QED) is 0.556. The van der Waals surface area contributed by atoms with E-state index in [2.05, 4.69) is 5.32 Å². The molecule has 1 aromatic carbocycles. The second-order valence-electron chi connectivity index (χ2n) is 6.16. The molecule has 0 saturated carbocycles. The Balaban J connectivity index is 1.77. The van der Waals surface area contributed by atoms with Gasteiger partial charge in [-0.15, -0.1) is 0 Å². The van der Waals surface area contributed by atoms with Crippen LogP contribution in [0, 0.1) is 0 Å². The molecule has 0 unspecified atom stereocenters. The van der Waals surface area contributed by atoms with E-state index in [1.807, 2.05) is 44.2 Å². The van der Waals surface area contributed by atoms with Crippen LogP contribution >= 0.6 is 0 Å². The number of benzene rings is 1. The van der Waals surface area contributed by atoms with E-state index in [4.69, 9.17) is 4.74 Å². The number of amides is 4. The maximum absolute atomic E-state index is 12.4. The van der Waals surface area contributed by atoms with Crippen molar-refractivity contribution < 1.29 is 23.9 Å². The van der Waals surface area contributed by atoms with Gasteiger partial charge in [0.1, 0.15) is 0 Å². The summed E-state index contributed by atoms with van der Waals surface area (Å²) in [6, 6.07) is 8.63. The zero-order chi connectivity index (χ0) is 19.1. The van der Waals surface area contributed by atoms with Gasteiger partial charge in [0.25, 0.3) is 5.91 Å². The van der Waals surface area contributed by atoms with Crippen LogP contribution in [0.2, 0.25) is 0 Å². The van der Waals surface area contributed by atoms with Crippen molar-refractivity contribution in [2.24, 2.45) is 0 Å². The molecule has 1 aliphatic heterocycles. The lowest BCUT2D eigenvalue weighted by Crippen LogP contribution is -2.40. The number of hydrogen-bond donors (Lipinski definition) is 1. The second kappa shape index (κ2) is 8.98. The lowest BCUT2D eigenvalue weighted by atomic mass is 10.2. The maximum Gasteiger partial charge on any atom is 0.324 e. The second-order valence-corrected chi connectivity index (χ2v) is 6.16. The molecule has 8 nitrogen and oxygen atoms in total. The molecule has 1 aliphatic rings. The smallest absolute Gasteiger partial charge is 0.324 e. The molecule has 1 aromatic rings. The number of imide groups is 1. The van der Waals surface area contributed by atoms with Gasteiger partial charge in [-0.25, -0.2) is 4.79 Å². The van der Waals surface area contributed by atoms with E-state index < -0.39 is 12.0 Å². The predicted molar refractivity (Wildman–Crippen MR) is 94.4 cm³/mol. The maximum atomic E-state index is 12.4. The summed E-state index contributed by atoms with van der Waals surface area (Å²) in [6.45, 7) is 3.54. The van der Waals surface area contributed by atoms with Gasteiger partial charge in [0.05, 0.1) is 6.54 Å². The monoisotopic (exact) mass is 361 g/mol. The van der Waals surface area contributed by atoms with Gasteiger partial charge in [-0.3, -0.25) is 19.3 Å². The third kappa shape index (κ3) is 5.05. The average molecular weight is 361 g/mol. The third-order valence-corrected chi connectivity index (χ3v) is 3.88. The predicted octanol–water partition coefficient (Wildman–Crippen LogP) is 1.30. The molecule has 26 heavy (non-hydrogen) atoms. The Bertz CT molecular complexity index is 659. The Morgan fingerprint density at radius 1 is 1.23 bits per heavy atom. The van der Waals surface area contributed by atoms with Crippen molar-refractivity contribution in [1.82, 2.24) is 10.2 Å². The van der Waals surface area contributed by atoms with Crippen LogP contribution in [0.3, 0.4) is 0 Å². The van der Waals surface area contributed by atoms with Crippen molar-refractivity contribution in [2.45, 2.75) is 32.7 Å².